The molecule has 0 aromatic carbocycles. The SMILES string of the molecule is CCCCCCCOC(=O)/C=C/C(=O)OC(CC)CCCC. The number of esters is 2. The van der Waals surface area contributed by atoms with Gasteiger partial charge in [0.05, 0.1) is 6.61 Å². The monoisotopic (exact) mass is 312 g/mol. The first-order valence-corrected chi connectivity index (χ1v) is 8.69. The third kappa shape index (κ3) is 12.4. The molecule has 4 heteroatoms. The molecule has 0 aliphatic carbocycles. The van der Waals surface area contributed by atoms with Crippen molar-refractivity contribution in [2.75, 3.05) is 6.61 Å². The van der Waals surface area contributed by atoms with Crippen molar-refractivity contribution >= 4 is 11.9 Å². The van der Waals surface area contributed by atoms with Crippen molar-refractivity contribution in [2.45, 2.75) is 84.7 Å². The molecule has 0 aliphatic rings. The second kappa shape index (κ2) is 14.6. The molecule has 0 bridgehead atoms. The maximum Gasteiger partial charge on any atom is 0.331 e. The molecule has 0 heterocycles. The van der Waals surface area contributed by atoms with Crippen molar-refractivity contribution in [3.8, 4) is 0 Å². The summed E-state index contributed by atoms with van der Waals surface area (Å²) in [4.78, 5) is 23.1. The van der Waals surface area contributed by atoms with Gasteiger partial charge in [0.15, 0.2) is 0 Å². The van der Waals surface area contributed by atoms with E-state index in [1.807, 2.05) is 6.92 Å². The van der Waals surface area contributed by atoms with Gasteiger partial charge in [0.1, 0.15) is 6.10 Å². The fraction of sp³-hybridized carbons (Fsp3) is 0.778. The van der Waals surface area contributed by atoms with E-state index in [4.69, 9.17) is 9.47 Å². The quantitative estimate of drug-likeness (QED) is 0.284. The molecule has 1 unspecified atom stereocenters. The third-order valence-electron chi connectivity index (χ3n) is 3.47. The van der Waals surface area contributed by atoms with Gasteiger partial charge in [-0.1, -0.05) is 59.3 Å². The largest absolute Gasteiger partial charge is 0.463 e. The summed E-state index contributed by atoms with van der Waals surface area (Å²) < 4.78 is 10.3. The number of rotatable bonds is 13. The molecule has 0 aromatic rings. The molecule has 0 spiro atoms. The Bertz CT molecular complexity index is 323. The Morgan fingerprint density at radius 3 is 2.14 bits per heavy atom. The van der Waals surface area contributed by atoms with Gasteiger partial charge in [0.25, 0.3) is 0 Å². The zero-order valence-corrected chi connectivity index (χ0v) is 14.4. The lowest BCUT2D eigenvalue weighted by atomic mass is 10.1. The number of unbranched alkanes of at least 4 members (excludes halogenated alkanes) is 5. The molecule has 4 nitrogen and oxygen atoms in total. The van der Waals surface area contributed by atoms with Gasteiger partial charge in [-0.25, -0.2) is 9.59 Å². The lowest BCUT2D eigenvalue weighted by Gasteiger charge is -2.14. The number of ether oxygens (including phenoxy) is 2. The summed E-state index contributed by atoms with van der Waals surface area (Å²) in [6.07, 6.45) is 11.6. The highest BCUT2D eigenvalue weighted by Crippen LogP contribution is 2.09. The van der Waals surface area contributed by atoms with E-state index in [0.29, 0.717) is 6.61 Å². The molecule has 1 atom stereocenters. The molecule has 0 aromatic heterocycles. The molecule has 0 amide bonds. The Balaban J connectivity index is 3.83. The van der Waals surface area contributed by atoms with E-state index in [9.17, 15) is 9.59 Å². The highest BCUT2D eigenvalue weighted by atomic mass is 16.5. The maximum absolute atomic E-state index is 11.6. The summed E-state index contributed by atoms with van der Waals surface area (Å²) in [5.74, 6) is -0.947. The molecule has 0 saturated carbocycles. The lowest BCUT2D eigenvalue weighted by Crippen LogP contribution is -2.16. The lowest BCUT2D eigenvalue weighted by molar-refractivity contribution is -0.144. The molecule has 0 rings (SSSR count). The fourth-order valence-corrected chi connectivity index (χ4v) is 2.04. The van der Waals surface area contributed by atoms with E-state index < -0.39 is 11.9 Å². The Morgan fingerprint density at radius 1 is 0.864 bits per heavy atom. The van der Waals surface area contributed by atoms with Crippen molar-refractivity contribution in [2.24, 2.45) is 0 Å². The molecule has 128 valence electrons. The third-order valence-corrected chi connectivity index (χ3v) is 3.47. The van der Waals surface area contributed by atoms with E-state index in [-0.39, 0.29) is 6.10 Å². The van der Waals surface area contributed by atoms with Gasteiger partial charge in [0.2, 0.25) is 0 Å². The van der Waals surface area contributed by atoms with Crippen molar-refractivity contribution in [1.82, 2.24) is 0 Å². The average molecular weight is 312 g/mol. The molecular weight excluding hydrogens is 280 g/mol. The summed E-state index contributed by atoms with van der Waals surface area (Å²) in [5, 5.41) is 0. The molecule has 0 N–H and O–H groups in total. The number of hydrogen-bond acceptors (Lipinski definition) is 4. The Hall–Kier alpha value is -1.32. The van der Waals surface area contributed by atoms with Crippen LogP contribution in [-0.2, 0) is 19.1 Å². The minimum absolute atomic E-state index is 0.0633. The van der Waals surface area contributed by atoms with Crippen LogP contribution in [0, 0.1) is 0 Å². The Morgan fingerprint density at radius 2 is 1.50 bits per heavy atom. The summed E-state index contributed by atoms with van der Waals surface area (Å²) in [6, 6.07) is 0. The number of carbonyl (C=O) groups excluding carboxylic acids is 2. The highest BCUT2D eigenvalue weighted by molar-refractivity contribution is 5.91. The van der Waals surface area contributed by atoms with Gasteiger partial charge >= 0.3 is 11.9 Å². The van der Waals surface area contributed by atoms with Gasteiger partial charge in [-0.3, -0.25) is 0 Å². The summed E-state index contributed by atoms with van der Waals surface area (Å²) in [5.41, 5.74) is 0. The van der Waals surface area contributed by atoms with Crippen LogP contribution in [0.25, 0.3) is 0 Å². The predicted molar refractivity (Wildman–Crippen MR) is 88.6 cm³/mol. The van der Waals surface area contributed by atoms with Crippen LogP contribution in [0.3, 0.4) is 0 Å². The van der Waals surface area contributed by atoms with Crippen LogP contribution in [0.15, 0.2) is 12.2 Å². The van der Waals surface area contributed by atoms with Crippen LogP contribution in [0.2, 0.25) is 0 Å². The average Bonchev–Trinajstić information content (AvgIpc) is 2.52. The minimum Gasteiger partial charge on any atom is -0.463 e. The van der Waals surface area contributed by atoms with Crippen LogP contribution in [0.4, 0.5) is 0 Å². The van der Waals surface area contributed by atoms with Gasteiger partial charge in [0, 0.05) is 12.2 Å². The molecule has 0 saturated heterocycles. The Labute approximate surface area is 135 Å². The van der Waals surface area contributed by atoms with E-state index in [1.165, 1.54) is 19.3 Å². The summed E-state index contributed by atoms with van der Waals surface area (Å²) in [6.45, 7) is 6.67. The van der Waals surface area contributed by atoms with Gasteiger partial charge in [-0.2, -0.15) is 0 Å². The van der Waals surface area contributed by atoms with Gasteiger partial charge in [-0.15, -0.1) is 0 Å². The first-order valence-electron chi connectivity index (χ1n) is 8.69. The normalized spacial score (nSPS) is 12.3. The summed E-state index contributed by atoms with van der Waals surface area (Å²) >= 11 is 0. The van der Waals surface area contributed by atoms with E-state index in [0.717, 1.165) is 50.7 Å². The van der Waals surface area contributed by atoms with Crippen molar-refractivity contribution in [1.29, 1.82) is 0 Å². The minimum atomic E-state index is -0.478. The smallest absolute Gasteiger partial charge is 0.331 e. The van der Waals surface area contributed by atoms with Crippen LogP contribution in [-0.4, -0.2) is 24.6 Å². The van der Waals surface area contributed by atoms with Gasteiger partial charge < -0.3 is 9.47 Å². The summed E-state index contributed by atoms with van der Waals surface area (Å²) in [7, 11) is 0. The second-order valence-corrected chi connectivity index (χ2v) is 5.52. The number of carbonyl (C=O) groups is 2. The van der Waals surface area contributed by atoms with E-state index in [1.54, 1.807) is 0 Å². The molecule has 0 aliphatic heterocycles. The topological polar surface area (TPSA) is 52.6 Å². The predicted octanol–water partition coefficient (Wildman–Crippen LogP) is 4.57. The number of hydrogen-bond donors (Lipinski definition) is 0. The fourth-order valence-electron chi connectivity index (χ4n) is 2.04. The van der Waals surface area contributed by atoms with Crippen molar-refractivity contribution in [3.63, 3.8) is 0 Å². The van der Waals surface area contributed by atoms with Crippen LogP contribution in [0.1, 0.15) is 78.6 Å². The first kappa shape index (κ1) is 20.7. The molecular formula is C18H32O4. The first-order chi connectivity index (χ1) is 10.6. The van der Waals surface area contributed by atoms with E-state index >= 15 is 0 Å². The van der Waals surface area contributed by atoms with Crippen molar-refractivity contribution < 1.29 is 19.1 Å². The zero-order valence-electron chi connectivity index (χ0n) is 14.4. The van der Waals surface area contributed by atoms with Crippen molar-refractivity contribution in [3.05, 3.63) is 12.2 Å². The second-order valence-electron chi connectivity index (χ2n) is 5.52. The molecule has 22 heavy (non-hydrogen) atoms. The molecule has 0 fully saturated rings. The Kier molecular flexibility index (Phi) is 13.7. The highest BCUT2D eigenvalue weighted by Gasteiger charge is 2.10. The molecule has 0 radical (unpaired) electrons. The van der Waals surface area contributed by atoms with E-state index in [2.05, 4.69) is 13.8 Å². The standard InChI is InChI=1S/C18H32O4/c1-4-7-9-10-11-15-21-17(19)13-14-18(20)22-16(6-3)12-8-5-2/h13-14,16H,4-12,15H2,1-3H3/b14-13+. The van der Waals surface area contributed by atoms with Crippen LogP contribution < -0.4 is 0 Å². The zero-order chi connectivity index (χ0) is 16.6. The van der Waals surface area contributed by atoms with Crippen LogP contribution in [0.5, 0.6) is 0 Å². The maximum atomic E-state index is 11.6. The van der Waals surface area contributed by atoms with Crippen LogP contribution >= 0.6 is 0 Å². The van der Waals surface area contributed by atoms with Gasteiger partial charge in [-0.05, 0) is 19.3 Å².